The zero-order valence-electron chi connectivity index (χ0n) is 32.6. The van der Waals surface area contributed by atoms with Gasteiger partial charge in [-0.15, -0.1) is 0 Å². The maximum Gasteiger partial charge on any atom is 0.164 e. The molecule has 9 aromatic carbocycles. The van der Waals surface area contributed by atoms with E-state index in [-0.39, 0.29) is 0 Å². The Kier molecular flexibility index (Phi) is 7.21. The summed E-state index contributed by atoms with van der Waals surface area (Å²) in [5.74, 6) is 1.69. The van der Waals surface area contributed by atoms with Crippen LogP contribution in [0.3, 0.4) is 0 Å². The third-order valence-electron chi connectivity index (χ3n) is 12.0. The van der Waals surface area contributed by atoms with E-state index < -0.39 is 0 Å². The molecule has 284 valence electrons. The molecule has 0 fully saturated rings. The monoisotopic (exact) mass is 780 g/mol. The number of benzene rings is 9. The van der Waals surface area contributed by atoms with E-state index in [4.69, 9.17) is 23.8 Å². The van der Waals surface area contributed by atoms with Crippen molar-refractivity contribution in [3.05, 3.63) is 194 Å². The van der Waals surface area contributed by atoms with Crippen molar-refractivity contribution in [1.82, 2.24) is 19.5 Å². The van der Waals surface area contributed by atoms with Crippen molar-refractivity contribution < 1.29 is 8.83 Å². The summed E-state index contributed by atoms with van der Waals surface area (Å²) in [6.07, 6.45) is 0. The maximum atomic E-state index is 6.74. The molecule has 0 unspecified atom stereocenters. The van der Waals surface area contributed by atoms with Gasteiger partial charge in [0.2, 0.25) is 0 Å². The van der Waals surface area contributed by atoms with E-state index in [2.05, 4.69) is 126 Å². The fourth-order valence-electron chi connectivity index (χ4n) is 9.28. The van der Waals surface area contributed by atoms with Crippen molar-refractivity contribution in [1.29, 1.82) is 0 Å². The highest BCUT2D eigenvalue weighted by molar-refractivity contribution is 6.15. The Hall–Kier alpha value is -8.35. The molecule has 0 spiro atoms. The quantitative estimate of drug-likeness (QED) is 0.174. The van der Waals surface area contributed by atoms with Gasteiger partial charge in [0.1, 0.15) is 22.3 Å². The number of aromatic nitrogens is 4. The molecule has 6 nitrogen and oxygen atoms in total. The lowest BCUT2D eigenvalue weighted by molar-refractivity contribution is 0.669. The molecule has 13 aromatic rings. The van der Waals surface area contributed by atoms with Crippen molar-refractivity contribution in [2.24, 2.45) is 0 Å². The van der Waals surface area contributed by atoms with Gasteiger partial charge in [-0.05, 0) is 70.9 Å². The summed E-state index contributed by atoms with van der Waals surface area (Å²) >= 11 is 0. The SMILES string of the molecule is c1ccc(-c2nc(-c3ccc(-n4c5ccccc5c5cc6ccccc6cc54)cc3-c3cccc4c3oc3ccccc34)nc(-c3cccc4oc5ccccc5c34)n2)cc1. The van der Waals surface area contributed by atoms with Crippen LogP contribution in [0.2, 0.25) is 0 Å². The summed E-state index contributed by atoms with van der Waals surface area (Å²) in [6.45, 7) is 0. The number of fused-ring (bicyclic) bond motifs is 10. The minimum atomic E-state index is 0.552. The summed E-state index contributed by atoms with van der Waals surface area (Å²) in [7, 11) is 0. The molecule has 0 bridgehead atoms. The van der Waals surface area contributed by atoms with Gasteiger partial charge in [0.05, 0.1) is 11.0 Å². The van der Waals surface area contributed by atoms with Crippen LogP contribution in [0.5, 0.6) is 0 Å². The second-order valence-corrected chi connectivity index (χ2v) is 15.5. The van der Waals surface area contributed by atoms with E-state index in [1.807, 2.05) is 72.8 Å². The molecule has 0 radical (unpaired) electrons. The zero-order chi connectivity index (χ0) is 40.0. The van der Waals surface area contributed by atoms with Gasteiger partial charge in [0.25, 0.3) is 0 Å². The largest absolute Gasteiger partial charge is 0.456 e. The maximum absolute atomic E-state index is 6.74. The Morgan fingerprint density at radius 1 is 0.344 bits per heavy atom. The third kappa shape index (κ3) is 5.19. The van der Waals surface area contributed by atoms with Crippen LogP contribution in [0.15, 0.2) is 203 Å². The Balaban J connectivity index is 1.12. The fourth-order valence-corrected chi connectivity index (χ4v) is 9.28. The van der Waals surface area contributed by atoms with E-state index >= 15 is 0 Å². The molecule has 4 aromatic heterocycles. The molecule has 0 amide bonds. The minimum Gasteiger partial charge on any atom is -0.456 e. The highest BCUT2D eigenvalue weighted by atomic mass is 16.3. The van der Waals surface area contributed by atoms with Crippen molar-refractivity contribution in [3.63, 3.8) is 0 Å². The normalized spacial score (nSPS) is 11.9. The molecule has 0 saturated heterocycles. The molecule has 0 aliphatic heterocycles. The van der Waals surface area contributed by atoms with Gasteiger partial charge in [-0.2, -0.15) is 0 Å². The molecular weight excluding hydrogens is 749 g/mol. The van der Waals surface area contributed by atoms with Gasteiger partial charge >= 0.3 is 0 Å². The molecule has 13 rings (SSSR count). The Morgan fingerprint density at radius 3 is 1.82 bits per heavy atom. The van der Waals surface area contributed by atoms with E-state index in [1.165, 1.54) is 21.5 Å². The van der Waals surface area contributed by atoms with Crippen molar-refractivity contribution in [3.8, 4) is 51.0 Å². The summed E-state index contributed by atoms with van der Waals surface area (Å²) in [5.41, 5.74) is 11.0. The minimum absolute atomic E-state index is 0.552. The molecule has 0 atom stereocenters. The molecule has 6 heteroatoms. The number of hydrogen-bond acceptors (Lipinski definition) is 5. The van der Waals surface area contributed by atoms with Crippen LogP contribution in [-0.4, -0.2) is 19.5 Å². The van der Waals surface area contributed by atoms with Crippen LogP contribution in [0.25, 0.3) is 127 Å². The second kappa shape index (κ2) is 13.1. The Bertz CT molecular complexity index is 3900. The molecule has 0 aliphatic rings. The van der Waals surface area contributed by atoms with Gasteiger partial charge in [-0.3, -0.25) is 0 Å². The van der Waals surface area contributed by atoms with Crippen LogP contribution < -0.4 is 0 Å². The predicted molar refractivity (Wildman–Crippen MR) is 248 cm³/mol. The number of para-hydroxylation sites is 4. The lowest BCUT2D eigenvalue weighted by atomic mass is 9.96. The van der Waals surface area contributed by atoms with Gasteiger partial charge in [-0.25, -0.2) is 15.0 Å². The Labute approximate surface area is 348 Å². The van der Waals surface area contributed by atoms with Gasteiger partial charge in [0.15, 0.2) is 17.5 Å². The number of hydrogen-bond donors (Lipinski definition) is 0. The van der Waals surface area contributed by atoms with E-state index in [1.54, 1.807) is 0 Å². The first kappa shape index (κ1) is 33.6. The Morgan fingerprint density at radius 2 is 0.967 bits per heavy atom. The highest BCUT2D eigenvalue weighted by Gasteiger charge is 2.23. The summed E-state index contributed by atoms with van der Waals surface area (Å²) < 4.78 is 15.5. The second-order valence-electron chi connectivity index (χ2n) is 15.5. The molecule has 0 saturated carbocycles. The third-order valence-corrected chi connectivity index (χ3v) is 12.0. The summed E-state index contributed by atoms with van der Waals surface area (Å²) in [5, 5.41) is 8.90. The van der Waals surface area contributed by atoms with Crippen LogP contribution in [-0.2, 0) is 0 Å². The van der Waals surface area contributed by atoms with Gasteiger partial charge < -0.3 is 13.4 Å². The van der Waals surface area contributed by atoms with E-state index in [9.17, 15) is 0 Å². The average Bonchev–Trinajstić information content (AvgIpc) is 4.00. The average molecular weight is 781 g/mol. The number of nitrogens with zero attached hydrogens (tertiary/aromatic N) is 4. The smallest absolute Gasteiger partial charge is 0.164 e. The zero-order valence-corrected chi connectivity index (χ0v) is 32.6. The molecule has 0 N–H and O–H groups in total. The highest BCUT2D eigenvalue weighted by Crippen LogP contribution is 2.43. The summed E-state index contributed by atoms with van der Waals surface area (Å²) in [4.78, 5) is 15.8. The first-order valence-corrected chi connectivity index (χ1v) is 20.4. The fraction of sp³-hybridized carbons (Fsp3) is 0. The van der Waals surface area contributed by atoms with Crippen LogP contribution in [0.4, 0.5) is 0 Å². The number of furan rings is 2. The molecular formula is C55H32N4O2. The van der Waals surface area contributed by atoms with Gasteiger partial charge in [-0.1, -0.05) is 140 Å². The molecule has 61 heavy (non-hydrogen) atoms. The predicted octanol–water partition coefficient (Wildman–Crippen LogP) is 14.6. The first-order valence-electron chi connectivity index (χ1n) is 20.4. The van der Waals surface area contributed by atoms with Crippen LogP contribution >= 0.6 is 0 Å². The van der Waals surface area contributed by atoms with Crippen LogP contribution in [0.1, 0.15) is 0 Å². The van der Waals surface area contributed by atoms with Crippen LogP contribution in [0, 0.1) is 0 Å². The topological polar surface area (TPSA) is 69.9 Å². The first-order chi connectivity index (χ1) is 30.2. The molecule has 0 aliphatic carbocycles. The summed E-state index contributed by atoms with van der Waals surface area (Å²) in [6, 6.07) is 67.4. The molecule has 4 heterocycles. The van der Waals surface area contributed by atoms with Crippen molar-refractivity contribution >= 4 is 76.5 Å². The van der Waals surface area contributed by atoms with Crippen molar-refractivity contribution in [2.75, 3.05) is 0 Å². The van der Waals surface area contributed by atoms with Gasteiger partial charge in [0, 0.05) is 60.3 Å². The number of rotatable bonds is 5. The lowest BCUT2D eigenvalue weighted by Gasteiger charge is -2.16. The van der Waals surface area contributed by atoms with E-state index in [0.717, 1.165) is 88.4 Å². The van der Waals surface area contributed by atoms with E-state index in [0.29, 0.717) is 17.5 Å². The van der Waals surface area contributed by atoms with Crippen molar-refractivity contribution in [2.45, 2.75) is 0 Å². The standard InChI is InChI=1S/C55H32N4O2/c1-2-14-33(15-3-1)53-56-54(58-55(57-53)43-23-13-27-50-51(43)42-20-8-11-26-49(42)60-50)41-29-28-36(32-44(41)40-22-12-21-39-38-19-7-10-25-48(38)61-52(39)40)59-46-24-9-6-18-37(46)45-30-34-16-4-5-17-35(34)31-47(45)59/h1-32H. The lowest BCUT2D eigenvalue weighted by Crippen LogP contribution is -2.02.